The number of aromatic amines is 1. The minimum atomic E-state index is -0.322. The molecule has 1 heterocycles. The number of benzene rings is 1. The number of nitrogens with one attached hydrogen (secondary N) is 1. The normalized spacial score (nSPS) is 10.7. The Kier molecular flexibility index (Phi) is 3.76. The van der Waals surface area contributed by atoms with Crippen molar-refractivity contribution >= 4 is 0 Å². The molecule has 0 atom stereocenters. The lowest BCUT2D eigenvalue weighted by Crippen LogP contribution is -2.18. The molecule has 0 saturated heterocycles. The monoisotopic (exact) mass is 262 g/mol. The highest BCUT2D eigenvalue weighted by molar-refractivity contribution is 5.59. The Hall–Kier alpha value is -2.01. The fourth-order valence-corrected chi connectivity index (χ4v) is 2.04. The highest BCUT2D eigenvalue weighted by Crippen LogP contribution is 2.20. The van der Waals surface area contributed by atoms with Crippen LogP contribution in [0.1, 0.15) is 16.8 Å². The molecule has 0 fully saturated rings. The number of hydrogen-bond acceptors (Lipinski definition) is 3. The Bertz CT molecular complexity index is 665. The maximum absolute atomic E-state index is 13.1. The summed E-state index contributed by atoms with van der Waals surface area (Å²) in [4.78, 5) is 18.9. The topological polar surface area (TPSA) is 66.0 Å². The van der Waals surface area contributed by atoms with Gasteiger partial charge in [0, 0.05) is 29.8 Å². The molecular weight excluding hydrogens is 247 g/mol. The minimum absolute atomic E-state index is 0.0967. The maximum atomic E-state index is 13.1. The van der Waals surface area contributed by atoms with Crippen molar-refractivity contribution in [1.82, 2.24) is 9.97 Å². The first-order valence-electron chi connectivity index (χ1n) is 6.00. The van der Waals surface area contributed by atoms with E-state index in [2.05, 4.69) is 9.97 Å². The maximum Gasteiger partial charge on any atom is 0.254 e. The van der Waals surface area contributed by atoms with Crippen LogP contribution in [-0.4, -0.2) is 21.7 Å². The van der Waals surface area contributed by atoms with Crippen LogP contribution in [0.2, 0.25) is 0 Å². The molecule has 100 valence electrons. The second kappa shape index (κ2) is 5.32. The van der Waals surface area contributed by atoms with Crippen molar-refractivity contribution in [3.63, 3.8) is 0 Å². The van der Waals surface area contributed by atoms with E-state index in [1.165, 1.54) is 12.1 Å². The zero-order chi connectivity index (χ0) is 14.0. The molecule has 0 amide bonds. The zero-order valence-electron chi connectivity index (χ0n) is 10.8. The number of aromatic nitrogens is 2. The Labute approximate surface area is 110 Å². The smallest absolute Gasteiger partial charge is 0.254 e. The molecule has 0 radical (unpaired) electrons. The summed E-state index contributed by atoms with van der Waals surface area (Å²) < 4.78 is 13.1. The Balaban J connectivity index is 2.55. The van der Waals surface area contributed by atoms with Gasteiger partial charge in [-0.2, -0.15) is 0 Å². The van der Waals surface area contributed by atoms with E-state index >= 15 is 0 Å². The summed E-state index contributed by atoms with van der Waals surface area (Å²) in [5.74, 6) is 0.0962. The first-order valence-corrected chi connectivity index (χ1v) is 6.00. The molecule has 5 heteroatoms. The van der Waals surface area contributed by atoms with Crippen molar-refractivity contribution in [2.45, 2.75) is 20.3 Å². The summed E-state index contributed by atoms with van der Waals surface area (Å²) in [5, 5.41) is 8.91. The first-order chi connectivity index (χ1) is 9.02. The van der Waals surface area contributed by atoms with E-state index in [9.17, 15) is 9.18 Å². The largest absolute Gasteiger partial charge is 0.396 e. The van der Waals surface area contributed by atoms with Gasteiger partial charge < -0.3 is 10.1 Å². The summed E-state index contributed by atoms with van der Waals surface area (Å²) in [7, 11) is 0. The fourth-order valence-electron chi connectivity index (χ4n) is 2.04. The third-order valence-electron chi connectivity index (χ3n) is 3.03. The van der Waals surface area contributed by atoms with Crippen molar-refractivity contribution in [3.8, 4) is 11.4 Å². The van der Waals surface area contributed by atoms with Crippen molar-refractivity contribution in [2.75, 3.05) is 6.61 Å². The Morgan fingerprint density at radius 2 is 2.11 bits per heavy atom. The van der Waals surface area contributed by atoms with E-state index in [1.807, 2.05) is 0 Å². The zero-order valence-corrected chi connectivity index (χ0v) is 10.8. The number of hydrogen-bond donors (Lipinski definition) is 2. The summed E-state index contributed by atoms with van der Waals surface area (Å²) in [5.41, 5.74) is 2.19. The van der Waals surface area contributed by atoms with Crippen LogP contribution < -0.4 is 5.56 Å². The van der Waals surface area contributed by atoms with Gasteiger partial charge in [-0.25, -0.2) is 9.37 Å². The van der Waals surface area contributed by atoms with Crippen LogP contribution >= 0.6 is 0 Å². The highest BCUT2D eigenvalue weighted by Gasteiger charge is 2.11. The molecule has 1 aromatic heterocycles. The Morgan fingerprint density at radius 3 is 2.68 bits per heavy atom. The van der Waals surface area contributed by atoms with Gasteiger partial charge in [-0.15, -0.1) is 0 Å². The van der Waals surface area contributed by atoms with Crippen LogP contribution in [0.4, 0.5) is 4.39 Å². The van der Waals surface area contributed by atoms with Crippen LogP contribution in [-0.2, 0) is 6.42 Å². The lowest BCUT2D eigenvalue weighted by molar-refractivity contribution is 0.298. The SMILES string of the molecule is Cc1cc(F)ccc1-c1nc(C)c(CCO)c(=O)[nH]1. The third-order valence-corrected chi connectivity index (χ3v) is 3.03. The van der Waals surface area contributed by atoms with Crippen molar-refractivity contribution in [3.05, 3.63) is 51.2 Å². The van der Waals surface area contributed by atoms with E-state index < -0.39 is 0 Å². The van der Waals surface area contributed by atoms with Gasteiger partial charge in [0.15, 0.2) is 0 Å². The lowest BCUT2D eigenvalue weighted by atomic mass is 10.1. The number of nitrogens with zero attached hydrogens (tertiary/aromatic N) is 1. The molecule has 1 aromatic carbocycles. The van der Waals surface area contributed by atoms with Crippen molar-refractivity contribution in [1.29, 1.82) is 0 Å². The number of aliphatic hydroxyl groups excluding tert-OH is 1. The molecule has 0 saturated carbocycles. The van der Waals surface area contributed by atoms with E-state index in [-0.39, 0.29) is 24.4 Å². The average Bonchev–Trinajstić information content (AvgIpc) is 2.33. The molecule has 19 heavy (non-hydrogen) atoms. The van der Waals surface area contributed by atoms with E-state index in [4.69, 9.17) is 5.11 Å². The van der Waals surface area contributed by atoms with E-state index in [1.54, 1.807) is 19.9 Å². The summed E-state index contributed by atoms with van der Waals surface area (Å²) in [6.07, 6.45) is 0.275. The van der Waals surface area contributed by atoms with Crippen LogP contribution in [0.25, 0.3) is 11.4 Å². The van der Waals surface area contributed by atoms with Gasteiger partial charge in [-0.3, -0.25) is 4.79 Å². The quantitative estimate of drug-likeness (QED) is 0.885. The number of halogens is 1. The van der Waals surface area contributed by atoms with Crippen LogP contribution in [0, 0.1) is 19.7 Å². The Morgan fingerprint density at radius 1 is 1.37 bits per heavy atom. The number of aliphatic hydroxyl groups is 1. The van der Waals surface area contributed by atoms with Gasteiger partial charge in [0.2, 0.25) is 0 Å². The average molecular weight is 262 g/mol. The van der Waals surface area contributed by atoms with Gasteiger partial charge in [0.05, 0.1) is 0 Å². The first kappa shape index (κ1) is 13.4. The molecule has 0 spiro atoms. The van der Waals surface area contributed by atoms with E-state index in [0.29, 0.717) is 28.2 Å². The second-order valence-corrected chi connectivity index (χ2v) is 4.41. The molecule has 4 nitrogen and oxygen atoms in total. The molecule has 0 aliphatic heterocycles. The summed E-state index contributed by atoms with van der Waals surface area (Å²) in [6.45, 7) is 3.39. The van der Waals surface area contributed by atoms with Gasteiger partial charge >= 0.3 is 0 Å². The van der Waals surface area contributed by atoms with Crippen LogP contribution in [0.3, 0.4) is 0 Å². The van der Waals surface area contributed by atoms with Gasteiger partial charge in [0.25, 0.3) is 5.56 Å². The fraction of sp³-hybridized carbons (Fsp3) is 0.286. The third kappa shape index (κ3) is 2.71. The molecule has 2 aromatic rings. The summed E-state index contributed by atoms with van der Waals surface area (Å²) in [6, 6.07) is 4.32. The second-order valence-electron chi connectivity index (χ2n) is 4.41. The number of H-pyrrole nitrogens is 1. The summed E-state index contributed by atoms with van der Waals surface area (Å²) >= 11 is 0. The van der Waals surface area contributed by atoms with Crippen LogP contribution in [0.15, 0.2) is 23.0 Å². The van der Waals surface area contributed by atoms with Gasteiger partial charge in [-0.1, -0.05) is 0 Å². The highest BCUT2D eigenvalue weighted by atomic mass is 19.1. The molecule has 2 N–H and O–H groups in total. The lowest BCUT2D eigenvalue weighted by Gasteiger charge is -2.08. The molecule has 0 unspecified atom stereocenters. The van der Waals surface area contributed by atoms with Gasteiger partial charge in [-0.05, 0) is 37.6 Å². The molecule has 0 aliphatic rings. The molecule has 2 rings (SSSR count). The molecular formula is C14H15FN2O2. The molecule has 0 bridgehead atoms. The van der Waals surface area contributed by atoms with Gasteiger partial charge in [0.1, 0.15) is 11.6 Å². The predicted molar refractivity (Wildman–Crippen MR) is 70.5 cm³/mol. The van der Waals surface area contributed by atoms with Crippen molar-refractivity contribution in [2.24, 2.45) is 0 Å². The predicted octanol–water partition coefficient (Wildman–Crippen LogP) is 1.73. The molecule has 0 aliphatic carbocycles. The standard InChI is InChI=1S/C14H15FN2O2/c1-8-7-10(15)3-4-11(8)13-16-9(2)12(5-6-18)14(19)17-13/h3-4,7,18H,5-6H2,1-2H3,(H,16,17,19). The minimum Gasteiger partial charge on any atom is -0.396 e. The van der Waals surface area contributed by atoms with Crippen LogP contribution in [0.5, 0.6) is 0 Å². The van der Waals surface area contributed by atoms with Crippen molar-refractivity contribution < 1.29 is 9.50 Å². The van der Waals surface area contributed by atoms with E-state index in [0.717, 1.165) is 0 Å². The number of rotatable bonds is 3. The number of aryl methyl sites for hydroxylation is 2.